The number of nitrogens with zero attached hydrogens (tertiary/aromatic N) is 2. The maximum Gasteiger partial charge on any atom is 0.239 e. The van der Waals surface area contributed by atoms with Gasteiger partial charge in [-0.05, 0) is 19.4 Å². The molecule has 1 saturated heterocycles. The lowest BCUT2D eigenvalue weighted by atomic mass is 9.94. The summed E-state index contributed by atoms with van der Waals surface area (Å²) < 4.78 is 0. The number of benzene rings is 1. The average Bonchev–Trinajstić information content (AvgIpc) is 2.41. The van der Waals surface area contributed by atoms with E-state index in [4.69, 9.17) is 0 Å². The van der Waals surface area contributed by atoms with Crippen molar-refractivity contribution in [2.75, 3.05) is 19.6 Å². The summed E-state index contributed by atoms with van der Waals surface area (Å²) in [5.74, 6) is -0.171. The van der Waals surface area contributed by atoms with Crippen LogP contribution in [0.25, 0.3) is 0 Å². The summed E-state index contributed by atoms with van der Waals surface area (Å²) in [5.41, 5.74) is 0.453. The molecule has 1 atom stereocenters. The highest BCUT2D eigenvalue weighted by Crippen LogP contribution is 2.23. The fourth-order valence-electron chi connectivity index (χ4n) is 2.39. The summed E-state index contributed by atoms with van der Waals surface area (Å²) in [4.78, 5) is 14.0. The monoisotopic (exact) mass is 257 g/mol. The molecule has 4 nitrogen and oxygen atoms in total. The zero-order valence-corrected chi connectivity index (χ0v) is 11.4. The number of piperazine rings is 1. The molecule has 1 amide bonds. The van der Waals surface area contributed by atoms with E-state index in [1.807, 2.05) is 44.2 Å². The predicted octanol–water partition coefficient (Wildman–Crippen LogP) is 1.50. The molecule has 0 aromatic heterocycles. The van der Waals surface area contributed by atoms with Crippen molar-refractivity contribution in [2.24, 2.45) is 0 Å². The van der Waals surface area contributed by atoms with Gasteiger partial charge < -0.3 is 5.32 Å². The fourth-order valence-corrected chi connectivity index (χ4v) is 2.39. The van der Waals surface area contributed by atoms with Gasteiger partial charge in [0, 0.05) is 19.6 Å². The van der Waals surface area contributed by atoms with Crippen LogP contribution >= 0.6 is 0 Å². The maximum atomic E-state index is 11.9. The molecule has 1 fully saturated rings. The van der Waals surface area contributed by atoms with Crippen molar-refractivity contribution in [1.29, 1.82) is 5.26 Å². The van der Waals surface area contributed by atoms with Crippen molar-refractivity contribution in [3.8, 4) is 6.07 Å². The van der Waals surface area contributed by atoms with Crippen LogP contribution < -0.4 is 5.32 Å². The highest BCUT2D eigenvalue weighted by Gasteiger charge is 2.38. The molecule has 1 aromatic carbocycles. The standard InChI is InChI=1S/C15H19N3O/c1-15(2)14(19)17-8-9-18(15)11-13(10-16)12-6-4-3-5-7-12/h3-7,13H,8-9,11H2,1-2H3,(H,17,19). The smallest absolute Gasteiger partial charge is 0.239 e. The summed E-state index contributed by atoms with van der Waals surface area (Å²) in [6.45, 7) is 5.82. The minimum atomic E-state index is -0.553. The highest BCUT2D eigenvalue weighted by atomic mass is 16.2. The minimum Gasteiger partial charge on any atom is -0.353 e. The Morgan fingerprint density at radius 1 is 1.42 bits per heavy atom. The lowest BCUT2D eigenvalue weighted by Gasteiger charge is -2.42. The Morgan fingerprint density at radius 2 is 2.11 bits per heavy atom. The van der Waals surface area contributed by atoms with Crippen LogP contribution in [-0.2, 0) is 4.79 Å². The Kier molecular flexibility index (Phi) is 3.87. The van der Waals surface area contributed by atoms with E-state index in [1.165, 1.54) is 0 Å². The second kappa shape index (κ2) is 5.41. The van der Waals surface area contributed by atoms with E-state index in [9.17, 15) is 10.1 Å². The zero-order chi connectivity index (χ0) is 13.9. The lowest BCUT2D eigenvalue weighted by Crippen LogP contribution is -2.62. The van der Waals surface area contributed by atoms with Crippen molar-refractivity contribution < 1.29 is 4.79 Å². The van der Waals surface area contributed by atoms with Gasteiger partial charge in [-0.2, -0.15) is 5.26 Å². The first kappa shape index (κ1) is 13.6. The Labute approximate surface area is 114 Å². The van der Waals surface area contributed by atoms with Gasteiger partial charge in [0.2, 0.25) is 5.91 Å². The Balaban J connectivity index is 2.15. The summed E-state index contributed by atoms with van der Waals surface area (Å²) in [6.07, 6.45) is 0. The van der Waals surface area contributed by atoms with E-state index in [0.717, 1.165) is 12.1 Å². The Morgan fingerprint density at radius 3 is 2.74 bits per heavy atom. The van der Waals surface area contributed by atoms with Gasteiger partial charge in [-0.15, -0.1) is 0 Å². The number of carbonyl (C=O) groups excluding carboxylic acids is 1. The molecule has 4 heteroatoms. The van der Waals surface area contributed by atoms with Crippen molar-refractivity contribution >= 4 is 5.91 Å². The number of carbonyl (C=O) groups is 1. The molecule has 1 unspecified atom stereocenters. The third-order valence-corrected chi connectivity index (χ3v) is 3.77. The van der Waals surface area contributed by atoms with Crippen LogP contribution in [0.5, 0.6) is 0 Å². The second-order valence-corrected chi connectivity index (χ2v) is 5.35. The van der Waals surface area contributed by atoms with Crippen LogP contribution in [0.3, 0.4) is 0 Å². The molecule has 0 bridgehead atoms. The molecule has 0 aliphatic carbocycles. The molecule has 0 saturated carbocycles. The van der Waals surface area contributed by atoms with Gasteiger partial charge >= 0.3 is 0 Å². The van der Waals surface area contributed by atoms with Crippen molar-refractivity contribution in [1.82, 2.24) is 10.2 Å². The number of nitrogens with one attached hydrogen (secondary N) is 1. The topological polar surface area (TPSA) is 56.1 Å². The van der Waals surface area contributed by atoms with Gasteiger partial charge in [0.15, 0.2) is 0 Å². The largest absolute Gasteiger partial charge is 0.353 e. The molecule has 1 heterocycles. The van der Waals surface area contributed by atoms with Gasteiger partial charge in [0.25, 0.3) is 0 Å². The third-order valence-electron chi connectivity index (χ3n) is 3.77. The van der Waals surface area contributed by atoms with Crippen LogP contribution in [0.4, 0.5) is 0 Å². The first-order valence-corrected chi connectivity index (χ1v) is 6.53. The molecular formula is C15H19N3O. The van der Waals surface area contributed by atoms with E-state index in [1.54, 1.807) is 0 Å². The van der Waals surface area contributed by atoms with Crippen LogP contribution in [0, 0.1) is 11.3 Å². The quantitative estimate of drug-likeness (QED) is 0.893. The Bertz CT molecular complexity index is 490. The molecule has 0 radical (unpaired) electrons. The van der Waals surface area contributed by atoms with Crippen LogP contribution in [0.2, 0.25) is 0 Å². The summed E-state index contributed by atoms with van der Waals surface area (Å²) in [6, 6.07) is 12.1. The van der Waals surface area contributed by atoms with Crippen LogP contribution in [-0.4, -0.2) is 36.0 Å². The van der Waals surface area contributed by atoms with E-state index in [0.29, 0.717) is 13.1 Å². The van der Waals surface area contributed by atoms with Crippen molar-refractivity contribution in [3.63, 3.8) is 0 Å². The van der Waals surface area contributed by atoms with Crippen LogP contribution in [0.15, 0.2) is 30.3 Å². The number of hydrogen-bond donors (Lipinski definition) is 1. The van der Waals surface area contributed by atoms with Gasteiger partial charge in [-0.3, -0.25) is 9.69 Å². The number of amides is 1. The normalized spacial score (nSPS) is 20.4. The van der Waals surface area contributed by atoms with Crippen molar-refractivity contribution in [3.05, 3.63) is 35.9 Å². The number of rotatable bonds is 3. The lowest BCUT2D eigenvalue weighted by molar-refractivity contribution is -0.135. The van der Waals surface area contributed by atoms with Gasteiger partial charge in [0.1, 0.15) is 0 Å². The molecule has 0 spiro atoms. The molecule has 1 aromatic rings. The first-order chi connectivity index (χ1) is 9.05. The molecule has 1 N–H and O–H groups in total. The van der Waals surface area contributed by atoms with E-state index >= 15 is 0 Å². The molecule has 19 heavy (non-hydrogen) atoms. The maximum absolute atomic E-state index is 11.9. The second-order valence-electron chi connectivity index (χ2n) is 5.35. The molecular weight excluding hydrogens is 238 g/mol. The minimum absolute atomic E-state index is 0.0310. The summed E-state index contributed by atoms with van der Waals surface area (Å²) in [5, 5.41) is 12.2. The summed E-state index contributed by atoms with van der Waals surface area (Å²) >= 11 is 0. The van der Waals surface area contributed by atoms with E-state index in [2.05, 4.69) is 16.3 Å². The van der Waals surface area contributed by atoms with E-state index in [-0.39, 0.29) is 11.8 Å². The van der Waals surface area contributed by atoms with Gasteiger partial charge in [0.05, 0.1) is 17.5 Å². The van der Waals surface area contributed by atoms with Crippen molar-refractivity contribution in [2.45, 2.75) is 25.3 Å². The highest BCUT2D eigenvalue weighted by molar-refractivity contribution is 5.86. The molecule has 2 rings (SSSR count). The third kappa shape index (κ3) is 2.77. The predicted molar refractivity (Wildman–Crippen MR) is 73.5 cm³/mol. The summed E-state index contributed by atoms with van der Waals surface area (Å²) in [7, 11) is 0. The van der Waals surface area contributed by atoms with Gasteiger partial charge in [-0.1, -0.05) is 30.3 Å². The van der Waals surface area contributed by atoms with Gasteiger partial charge in [-0.25, -0.2) is 0 Å². The SMILES string of the molecule is CC1(C)C(=O)NCCN1CC(C#N)c1ccccc1. The fraction of sp³-hybridized carbons (Fsp3) is 0.467. The number of nitriles is 1. The molecule has 1 aliphatic rings. The molecule has 100 valence electrons. The van der Waals surface area contributed by atoms with E-state index < -0.39 is 5.54 Å². The number of hydrogen-bond acceptors (Lipinski definition) is 3. The zero-order valence-electron chi connectivity index (χ0n) is 11.4. The Hall–Kier alpha value is -1.86. The molecule has 1 aliphatic heterocycles. The van der Waals surface area contributed by atoms with Crippen LogP contribution in [0.1, 0.15) is 25.3 Å². The average molecular weight is 257 g/mol. The first-order valence-electron chi connectivity index (χ1n) is 6.53.